The summed E-state index contributed by atoms with van der Waals surface area (Å²) >= 11 is 0. The van der Waals surface area contributed by atoms with Crippen LogP contribution in [0.3, 0.4) is 0 Å². The number of aromatic nitrogens is 4. The fourth-order valence-electron chi connectivity index (χ4n) is 8.12. The zero-order valence-corrected chi connectivity index (χ0v) is 28.6. The van der Waals surface area contributed by atoms with Crippen LogP contribution in [0, 0.1) is 0 Å². The van der Waals surface area contributed by atoms with Crippen LogP contribution in [0.15, 0.2) is 182 Å². The van der Waals surface area contributed by atoms with Crippen LogP contribution in [0.1, 0.15) is 0 Å². The van der Waals surface area contributed by atoms with Crippen LogP contribution in [0.2, 0.25) is 0 Å². The van der Waals surface area contributed by atoms with Gasteiger partial charge in [-0.1, -0.05) is 152 Å². The molecule has 2 aromatic heterocycles. The molecular formula is C49H30N4. The second kappa shape index (κ2) is 11.7. The van der Waals surface area contributed by atoms with Crippen LogP contribution in [-0.2, 0) is 0 Å². The average molecular weight is 675 g/mol. The average Bonchev–Trinajstić information content (AvgIpc) is 3.58. The van der Waals surface area contributed by atoms with Gasteiger partial charge in [0.25, 0.3) is 0 Å². The Morgan fingerprint density at radius 3 is 1.58 bits per heavy atom. The topological polar surface area (TPSA) is 43.6 Å². The molecule has 0 atom stereocenters. The predicted octanol–water partition coefficient (Wildman–Crippen LogP) is 12.6. The van der Waals surface area contributed by atoms with Gasteiger partial charge in [0.1, 0.15) is 0 Å². The van der Waals surface area contributed by atoms with E-state index in [0.717, 1.165) is 27.9 Å². The molecule has 0 aliphatic rings. The zero-order valence-electron chi connectivity index (χ0n) is 28.6. The van der Waals surface area contributed by atoms with Crippen molar-refractivity contribution in [2.45, 2.75) is 0 Å². The molecular weight excluding hydrogens is 645 g/mol. The molecule has 0 saturated heterocycles. The van der Waals surface area contributed by atoms with Crippen molar-refractivity contribution in [3.8, 4) is 39.9 Å². The second-order valence-electron chi connectivity index (χ2n) is 13.6. The van der Waals surface area contributed by atoms with E-state index >= 15 is 0 Å². The lowest BCUT2D eigenvalue weighted by molar-refractivity contribution is 1.07. The van der Waals surface area contributed by atoms with Gasteiger partial charge in [0, 0.05) is 33.2 Å². The summed E-state index contributed by atoms with van der Waals surface area (Å²) in [7, 11) is 0. The van der Waals surface area contributed by atoms with Crippen LogP contribution in [0.25, 0.3) is 105 Å². The Bertz CT molecular complexity index is 3230. The number of para-hydroxylation sites is 1. The predicted molar refractivity (Wildman–Crippen MR) is 220 cm³/mol. The smallest absolute Gasteiger partial charge is 0.164 e. The van der Waals surface area contributed by atoms with Crippen molar-refractivity contribution in [3.05, 3.63) is 182 Å². The van der Waals surface area contributed by atoms with Crippen LogP contribution in [-0.4, -0.2) is 19.5 Å². The van der Waals surface area contributed by atoms with Gasteiger partial charge in [-0.05, 0) is 73.4 Å². The van der Waals surface area contributed by atoms with E-state index in [1.807, 2.05) is 18.2 Å². The Morgan fingerprint density at radius 2 is 0.830 bits per heavy atom. The maximum Gasteiger partial charge on any atom is 0.164 e. The van der Waals surface area contributed by atoms with E-state index in [2.05, 4.69) is 168 Å². The lowest BCUT2D eigenvalue weighted by Gasteiger charge is -2.12. The van der Waals surface area contributed by atoms with E-state index in [4.69, 9.17) is 15.0 Å². The van der Waals surface area contributed by atoms with Gasteiger partial charge in [-0.3, -0.25) is 0 Å². The van der Waals surface area contributed by atoms with Gasteiger partial charge < -0.3 is 4.57 Å². The minimum atomic E-state index is 0.630. The molecule has 53 heavy (non-hydrogen) atoms. The minimum Gasteiger partial charge on any atom is -0.309 e. The molecule has 0 spiro atoms. The van der Waals surface area contributed by atoms with E-state index in [9.17, 15) is 0 Å². The molecule has 11 aromatic rings. The Balaban J connectivity index is 1.12. The first-order valence-electron chi connectivity index (χ1n) is 17.9. The molecule has 0 N–H and O–H groups in total. The van der Waals surface area contributed by atoms with Gasteiger partial charge in [0.2, 0.25) is 0 Å². The molecule has 0 unspecified atom stereocenters. The number of hydrogen-bond donors (Lipinski definition) is 0. The standard InChI is InChI=1S/C49H30N4/c1-2-13-35(14-3-1)47-50-48(52-49(51-47)37-26-23-33-22-25-34-24-21-31-11-4-6-17-39(31)45(34)42(33)30-37)36-15-10-16-38(29-36)53-43-20-9-8-19-41(43)46-40-18-7-5-12-32(40)27-28-44(46)53/h1-30H. The summed E-state index contributed by atoms with van der Waals surface area (Å²) in [6.45, 7) is 0. The van der Waals surface area contributed by atoms with E-state index in [0.29, 0.717) is 17.5 Å². The molecule has 11 rings (SSSR count). The quantitative estimate of drug-likeness (QED) is 0.175. The number of nitrogens with zero attached hydrogens (tertiary/aromatic N) is 4. The van der Waals surface area contributed by atoms with Gasteiger partial charge in [-0.15, -0.1) is 0 Å². The largest absolute Gasteiger partial charge is 0.309 e. The van der Waals surface area contributed by atoms with E-state index < -0.39 is 0 Å². The Labute approximate surface area is 305 Å². The highest BCUT2D eigenvalue weighted by molar-refractivity contribution is 6.22. The number of fused-ring (bicyclic) bond motifs is 10. The van der Waals surface area contributed by atoms with Gasteiger partial charge in [-0.2, -0.15) is 0 Å². The molecule has 0 aliphatic heterocycles. The maximum absolute atomic E-state index is 5.21. The van der Waals surface area contributed by atoms with Crippen molar-refractivity contribution in [3.63, 3.8) is 0 Å². The summed E-state index contributed by atoms with van der Waals surface area (Å²) in [6.07, 6.45) is 0. The third-order valence-electron chi connectivity index (χ3n) is 10.6. The number of benzene rings is 9. The van der Waals surface area contributed by atoms with Crippen molar-refractivity contribution in [2.75, 3.05) is 0 Å². The van der Waals surface area contributed by atoms with Crippen LogP contribution >= 0.6 is 0 Å². The van der Waals surface area contributed by atoms with E-state index in [-0.39, 0.29) is 0 Å². The Hall–Kier alpha value is -7.17. The van der Waals surface area contributed by atoms with E-state index in [1.54, 1.807) is 0 Å². The molecule has 4 nitrogen and oxygen atoms in total. The molecule has 0 bridgehead atoms. The van der Waals surface area contributed by atoms with Gasteiger partial charge >= 0.3 is 0 Å². The molecule has 0 radical (unpaired) electrons. The third kappa shape index (κ3) is 4.73. The summed E-state index contributed by atoms with van der Waals surface area (Å²) in [6, 6.07) is 64.5. The lowest BCUT2D eigenvalue weighted by atomic mass is 9.95. The fraction of sp³-hybridized carbons (Fsp3) is 0. The van der Waals surface area contributed by atoms with Gasteiger partial charge in [-0.25, -0.2) is 15.0 Å². The van der Waals surface area contributed by atoms with Crippen LogP contribution < -0.4 is 0 Å². The van der Waals surface area contributed by atoms with Crippen molar-refractivity contribution in [1.82, 2.24) is 19.5 Å². The number of hydrogen-bond acceptors (Lipinski definition) is 3. The fourth-order valence-corrected chi connectivity index (χ4v) is 8.12. The SMILES string of the molecule is c1ccc(-c2nc(-c3cccc(-n4c5ccccc5c5c6ccccc6ccc54)c3)nc(-c3ccc4ccc5ccc6ccccc6c5c4c3)n2)cc1. The highest BCUT2D eigenvalue weighted by atomic mass is 15.0. The molecule has 0 aliphatic carbocycles. The molecule has 4 heteroatoms. The molecule has 0 amide bonds. The van der Waals surface area contributed by atoms with Crippen molar-refractivity contribution >= 4 is 64.9 Å². The second-order valence-corrected chi connectivity index (χ2v) is 13.6. The first-order chi connectivity index (χ1) is 26.3. The molecule has 9 aromatic carbocycles. The summed E-state index contributed by atoms with van der Waals surface area (Å²) in [5.74, 6) is 1.91. The highest BCUT2D eigenvalue weighted by Gasteiger charge is 2.17. The van der Waals surface area contributed by atoms with Crippen LogP contribution in [0.4, 0.5) is 0 Å². The van der Waals surface area contributed by atoms with Gasteiger partial charge in [0.15, 0.2) is 17.5 Å². The first-order valence-corrected chi connectivity index (χ1v) is 17.9. The summed E-state index contributed by atoms with van der Waals surface area (Å²) in [5, 5.41) is 12.3. The number of rotatable bonds is 4. The summed E-state index contributed by atoms with van der Waals surface area (Å²) in [5.41, 5.74) is 6.19. The van der Waals surface area contributed by atoms with Gasteiger partial charge in [0.05, 0.1) is 11.0 Å². The van der Waals surface area contributed by atoms with Crippen molar-refractivity contribution in [2.24, 2.45) is 0 Å². The first kappa shape index (κ1) is 29.5. The summed E-state index contributed by atoms with van der Waals surface area (Å²) < 4.78 is 2.36. The minimum absolute atomic E-state index is 0.630. The van der Waals surface area contributed by atoms with E-state index in [1.165, 1.54) is 59.4 Å². The Morgan fingerprint density at radius 1 is 0.302 bits per heavy atom. The summed E-state index contributed by atoms with van der Waals surface area (Å²) in [4.78, 5) is 15.4. The van der Waals surface area contributed by atoms with Crippen molar-refractivity contribution < 1.29 is 0 Å². The van der Waals surface area contributed by atoms with Crippen LogP contribution in [0.5, 0.6) is 0 Å². The maximum atomic E-state index is 5.21. The van der Waals surface area contributed by atoms with Crippen molar-refractivity contribution in [1.29, 1.82) is 0 Å². The molecule has 0 saturated carbocycles. The lowest BCUT2D eigenvalue weighted by Crippen LogP contribution is -2.01. The third-order valence-corrected chi connectivity index (χ3v) is 10.6. The Kier molecular flexibility index (Phi) is 6.52. The highest BCUT2D eigenvalue weighted by Crippen LogP contribution is 2.38. The zero-order chi connectivity index (χ0) is 34.9. The molecule has 2 heterocycles. The monoisotopic (exact) mass is 674 g/mol. The molecule has 0 fully saturated rings. The normalized spacial score (nSPS) is 11.8. The molecule has 246 valence electrons.